The van der Waals surface area contributed by atoms with Crippen LogP contribution in [0.25, 0.3) is 0 Å². The number of likely N-dealkylation sites (N-methyl/N-ethyl adjacent to an activating group) is 3. The van der Waals surface area contributed by atoms with Crippen molar-refractivity contribution >= 4 is 23.5 Å². The molecule has 31 heavy (non-hydrogen) atoms. The van der Waals surface area contributed by atoms with Crippen molar-refractivity contribution in [3.05, 3.63) is 0 Å². The fourth-order valence-electron chi connectivity index (χ4n) is 3.38. The lowest BCUT2D eigenvalue weighted by Gasteiger charge is -2.28. The largest absolute Gasteiger partial charge is 0.480 e. The van der Waals surface area contributed by atoms with Crippen LogP contribution in [0, 0.1) is 0 Å². The molecular weight excluding hydrogens is 404 g/mol. The number of ketones is 2. The minimum absolute atomic E-state index is 0.00757. The molecule has 1 atom stereocenters. The first kappa shape index (κ1) is 27.2. The Morgan fingerprint density at radius 3 is 2.19 bits per heavy atom. The second-order valence-electron chi connectivity index (χ2n) is 8.20. The molecule has 178 valence electrons. The van der Waals surface area contributed by atoms with Gasteiger partial charge in [0.05, 0.1) is 26.2 Å². The predicted molar refractivity (Wildman–Crippen MR) is 116 cm³/mol. The topological polar surface area (TPSA) is 111 Å². The number of ether oxygens (including phenoxy) is 1. The maximum Gasteiger partial charge on any atom is 0.320 e. The Hall–Kier alpha value is -1.88. The van der Waals surface area contributed by atoms with Crippen LogP contribution >= 0.6 is 0 Å². The van der Waals surface area contributed by atoms with Gasteiger partial charge in [0, 0.05) is 39.0 Å². The molecule has 0 radical (unpaired) electrons. The van der Waals surface area contributed by atoms with Crippen LogP contribution in [0.1, 0.15) is 26.7 Å². The molecule has 1 heterocycles. The van der Waals surface area contributed by atoms with Gasteiger partial charge < -0.3 is 9.84 Å². The van der Waals surface area contributed by atoms with E-state index in [1.165, 1.54) is 0 Å². The van der Waals surface area contributed by atoms with Gasteiger partial charge in [-0.3, -0.25) is 38.8 Å². The van der Waals surface area contributed by atoms with Gasteiger partial charge in [-0.1, -0.05) is 13.8 Å². The van der Waals surface area contributed by atoms with Crippen molar-refractivity contribution < 1.29 is 29.0 Å². The molecule has 1 unspecified atom stereocenters. The Balaban J connectivity index is 2.89. The molecule has 1 fully saturated rings. The Bertz CT molecular complexity index is 615. The van der Waals surface area contributed by atoms with Gasteiger partial charge in [-0.25, -0.2) is 0 Å². The quantitative estimate of drug-likeness (QED) is 0.514. The Kier molecular flexibility index (Phi) is 12.5. The number of Topliss-reactive ketones (excluding diaryl/α,β-unsaturated/α-hetero) is 2. The van der Waals surface area contributed by atoms with E-state index in [0.717, 1.165) is 0 Å². The molecule has 0 aliphatic carbocycles. The lowest BCUT2D eigenvalue weighted by molar-refractivity contribution is -0.152. The minimum atomic E-state index is -0.905. The molecule has 1 saturated heterocycles. The summed E-state index contributed by atoms with van der Waals surface area (Å²) in [5.74, 6) is -1.57. The fourth-order valence-corrected chi connectivity index (χ4v) is 3.38. The lowest BCUT2D eigenvalue weighted by Crippen LogP contribution is -2.44. The van der Waals surface area contributed by atoms with E-state index in [1.54, 1.807) is 19.0 Å². The number of hydrogen-bond donors (Lipinski definition) is 1. The van der Waals surface area contributed by atoms with Crippen molar-refractivity contribution in [1.82, 2.24) is 19.6 Å². The molecule has 0 aromatic heterocycles. The molecule has 0 saturated carbocycles. The van der Waals surface area contributed by atoms with Crippen LogP contribution in [-0.2, 0) is 23.9 Å². The third-order valence-corrected chi connectivity index (χ3v) is 5.33. The maximum atomic E-state index is 12.6. The van der Waals surface area contributed by atoms with E-state index in [1.807, 2.05) is 28.5 Å². The highest BCUT2D eigenvalue weighted by Gasteiger charge is 2.24. The van der Waals surface area contributed by atoms with Crippen LogP contribution in [0.15, 0.2) is 0 Å². The van der Waals surface area contributed by atoms with Crippen molar-refractivity contribution in [2.75, 3.05) is 79.5 Å². The van der Waals surface area contributed by atoms with Gasteiger partial charge in [0.2, 0.25) is 0 Å². The molecule has 0 aromatic rings. The first-order valence-electron chi connectivity index (χ1n) is 10.9. The second-order valence-corrected chi connectivity index (χ2v) is 8.20. The molecule has 0 bridgehead atoms. The molecule has 0 amide bonds. The summed E-state index contributed by atoms with van der Waals surface area (Å²) in [6.07, 6.45) is -0.786. The molecule has 0 aromatic carbocycles. The highest BCUT2D eigenvalue weighted by atomic mass is 16.5. The minimum Gasteiger partial charge on any atom is -0.480 e. The number of hydrogen-bond acceptors (Lipinski definition) is 9. The van der Waals surface area contributed by atoms with Crippen LogP contribution < -0.4 is 0 Å². The summed E-state index contributed by atoms with van der Waals surface area (Å²) in [4.78, 5) is 56.0. The van der Waals surface area contributed by atoms with E-state index >= 15 is 0 Å². The van der Waals surface area contributed by atoms with Gasteiger partial charge in [0.25, 0.3) is 0 Å². The average molecular weight is 443 g/mol. The van der Waals surface area contributed by atoms with Crippen LogP contribution in [0.2, 0.25) is 0 Å². The van der Waals surface area contributed by atoms with E-state index in [0.29, 0.717) is 39.3 Å². The maximum absolute atomic E-state index is 12.6. The first-order valence-corrected chi connectivity index (χ1v) is 10.9. The summed E-state index contributed by atoms with van der Waals surface area (Å²) in [5, 5.41) is 9.16. The van der Waals surface area contributed by atoms with Crippen LogP contribution in [-0.4, -0.2) is 134 Å². The molecule has 0 spiro atoms. The van der Waals surface area contributed by atoms with E-state index < -0.39 is 18.0 Å². The molecule has 1 aliphatic heterocycles. The van der Waals surface area contributed by atoms with Crippen molar-refractivity contribution in [2.45, 2.75) is 32.8 Å². The number of aliphatic carboxylic acids is 1. The smallest absolute Gasteiger partial charge is 0.320 e. The zero-order valence-corrected chi connectivity index (χ0v) is 19.3. The van der Waals surface area contributed by atoms with E-state index in [4.69, 9.17) is 9.84 Å². The predicted octanol–water partition coefficient (Wildman–Crippen LogP) is -0.578. The number of carboxylic acid groups (broad SMARTS) is 1. The summed E-state index contributed by atoms with van der Waals surface area (Å²) in [7, 11) is 3.59. The monoisotopic (exact) mass is 442 g/mol. The number of carbonyl (C=O) groups is 4. The van der Waals surface area contributed by atoms with Crippen LogP contribution in [0.3, 0.4) is 0 Å². The van der Waals surface area contributed by atoms with Crippen molar-refractivity contribution in [3.63, 3.8) is 0 Å². The lowest BCUT2D eigenvalue weighted by atomic mass is 10.1. The normalized spacial score (nSPS) is 21.8. The Morgan fingerprint density at radius 2 is 1.61 bits per heavy atom. The number of rotatable bonds is 7. The summed E-state index contributed by atoms with van der Waals surface area (Å²) in [6, 6.07) is 0. The van der Waals surface area contributed by atoms with E-state index in [2.05, 4.69) is 0 Å². The van der Waals surface area contributed by atoms with Gasteiger partial charge in [-0.05, 0) is 27.2 Å². The zero-order chi connectivity index (χ0) is 23.4. The Morgan fingerprint density at radius 1 is 1.03 bits per heavy atom. The second kappa shape index (κ2) is 14.2. The Labute approximate surface area is 185 Å². The zero-order valence-electron chi connectivity index (χ0n) is 19.3. The molecule has 1 rings (SSSR count). The number of nitrogens with zero attached hydrogens (tertiary/aromatic N) is 4. The van der Waals surface area contributed by atoms with Crippen molar-refractivity contribution in [2.24, 2.45) is 0 Å². The third-order valence-electron chi connectivity index (χ3n) is 5.33. The summed E-state index contributed by atoms with van der Waals surface area (Å²) in [5.41, 5.74) is 0. The SMILES string of the molecule is CCN(C)CC(=O)OC1CC(=O)CN(C)CCN(CC(=O)O)CCN(CC)CC(=O)C1. The van der Waals surface area contributed by atoms with Gasteiger partial charge in [0.15, 0.2) is 11.6 Å². The average Bonchev–Trinajstić information content (AvgIpc) is 2.67. The standard InChI is InChI=1S/C21H38N4O6/c1-5-22(3)16-21(30)31-19-11-17(26)13-23(4)7-8-25(15-20(28)29)10-9-24(6-2)14-18(27)12-19/h19H,5-16H2,1-4H3,(H,28,29). The summed E-state index contributed by atoms with van der Waals surface area (Å²) >= 11 is 0. The summed E-state index contributed by atoms with van der Waals surface area (Å²) < 4.78 is 5.50. The van der Waals surface area contributed by atoms with E-state index in [-0.39, 0.29) is 50.6 Å². The van der Waals surface area contributed by atoms with Crippen LogP contribution in [0.5, 0.6) is 0 Å². The molecule has 10 heteroatoms. The number of esters is 1. The number of carboxylic acids is 1. The molecule has 10 nitrogen and oxygen atoms in total. The third kappa shape index (κ3) is 11.9. The fraction of sp³-hybridized carbons (Fsp3) is 0.810. The summed E-state index contributed by atoms with van der Waals surface area (Å²) in [6.45, 7) is 7.65. The number of carbonyl (C=O) groups excluding carboxylic acids is 3. The first-order chi connectivity index (χ1) is 14.6. The van der Waals surface area contributed by atoms with Crippen molar-refractivity contribution in [3.8, 4) is 0 Å². The molecule has 1 aliphatic rings. The molecule has 1 N–H and O–H groups in total. The van der Waals surface area contributed by atoms with Crippen molar-refractivity contribution in [1.29, 1.82) is 0 Å². The van der Waals surface area contributed by atoms with Gasteiger partial charge >= 0.3 is 11.9 Å². The highest BCUT2D eigenvalue weighted by molar-refractivity contribution is 5.85. The highest BCUT2D eigenvalue weighted by Crippen LogP contribution is 2.10. The molecular formula is C21H38N4O6. The van der Waals surface area contributed by atoms with Crippen LogP contribution in [0.4, 0.5) is 0 Å². The van der Waals surface area contributed by atoms with E-state index in [9.17, 15) is 19.2 Å². The van der Waals surface area contributed by atoms with Gasteiger partial charge in [0.1, 0.15) is 6.10 Å². The van der Waals surface area contributed by atoms with Gasteiger partial charge in [-0.15, -0.1) is 0 Å². The van der Waals surface area contributed by atoms with Gasteiger partial charge in [-0.2, -0.15) is 0 Å².